The number of sulfonamides is 1. The van der Waals surface area contributed by atoms with Crippen molar-refractivity contribution in [1.82, 2.24) is 9.62 Å². The highest BCUT2D eigenvalue weighted by Crippen LogP contribution is 2.27. The number of carbonyl (C=O) groups is 1. The highest BCUT2D eigenvalue weighted by Gasteiger charge is 2.27. The van der Waals surface area contributed by atoms with Crippen molar-refractivity contribution in [3.63, 3.8) is 0 Å². The molecule has 1 aliphatic heterocycles. The van der Waals surface area contributed by atoms with Gasteiger partial charge in [-0.3, -0.25) is 4.79 Å². The van der Waals surface area contributed by atoms with Crippen LogP contribution in [0, 0.1) is 0 Å². The van der Waals surface area contributed by atoms with Gasteiger partial charge in [0, 0.05) is 18.7 Å². The Labute approximate surface area is 141 Å². The van der Waals surface area contributed by atoms with Gasteiger partial charge in [0.15, 0.2) is 0 Å². The molecule has 7 heteroatoms. The molecule has 6 nitrogen and oxygen atoms in total. The maximum Gasteiger partial charge on any atom is 0.248 e. The molecule has 126 valence electrons. The van der Waals surface area contributed by atoms with Crippen molar-refractivity contribution in [2.45, 2.75) is 17.5 Å². The SMILES string of the molecule is CN1Cc2ccccc2C(NS(=O)(=O)c2ccc(C(N)=O)cc2)C1. The molecule has 0 spiro atoms. The lowest BCUT2D eigenvalue weighted by Crippen LogP contribution is -2.40. The van der Waals surface area contributed by atoms with E-state index in [0.29, 0.717) is 6.54 Å². The average molecular weight is 345 g/mol. The van der Waals surface area contributed by atoms with Crippen LogP contribution in [0.1, 0.15) is 27.5 Å². The van der Waals surface area contributed by atoms with Crippen LogP contribution in [0.25, 0.3) is 0 Å². The third-order valence-corrected chi connectivity index (χ3v) is 5.60. The molecule has 1 amide bonds. The van der Waals surface area contributed by atoms with E-state index in [-0.39, 0.29) is 16.5 Å². The number of hydrogen-bond acceptors (Lipinski definition) is 4. The van der Waals surface area contributed by atoms with E-state index >= 15 is 0 Å². The molecule has 3 N–H and O–H groups in total. The predicted octanol–water partition coefficient (Wildman–Crippen LogP) is 1.25. The molecule has 0 radical (unpaired) electrons. The van der Waals surface area contributed by atoms with Crippen LogP contribution in [-0.2, 0) is 16.6 Å². The largest absolute Gasteiger partial charge is 0.366 e. The van der Waals surface area contributed by atoms with Crippen LogP contribution in [0.3, 0.4) is 0 Å². The Morgan fingerprint density at radius 1 is 1.17 bits per heavy atom. The molecule has 1 heterocycles. The smallest absolute Gasteiger partial charge is 0.248 e. The number of amides is 1. The summed E-state index contributed by atoms with van der Waals surface area (Å²) in [6.07, 6.45) is 0. The lowest BCUT2D eigenvalue weighted by Gasteiger charge is -2.32. The standard InChI is InChI=1S/C17H19N3O3S/c1-20-10-13-4-2-3-5-15(13)16(11-20)19-24(22,23)14-8-6-12(7-9-14)17(18)21/h2-9,16,19H,10-11H2,1H3,(H2,18,21). The van der Waals surface area contributed by atoms with E-state index < -0.39 is 15.9 Å². The molecule has 1 atom stereocenters. The van der Waals surface area contributed by atoms with Crippen molar-refractivity contribution in [1.29, 1.82) is 0 Å². The summed E-state index contributed by atoms with van der Waals surface area (Å²) in [6, 6.07) is 13.1. The fourth-order valence-electron chi connectivity index (χ4n) is 2.94. The van der Waals surface area contributed by atoms with Crippen molar-refractivity contribution in [2.24, 2.45) is 5.73 Å². The first kappa shape index (κ1) is 16.6. The lowest BCUT2D eigenvalue weighted by atomic mass is 9.96. The highest BCUT2D eigenvalue weighted by molar-refractivity contribution is 7.89. The third kappa shape index (κ3) is 3.33. The van der Waals surface area contributed by atoms with Crippen molar-refractivity contribution in [3.8, 4) is 0 Å². The fraction of sp³-hybridized carbons (Fsp3) is 0.235. The molecule has 0 fully saturated rings. The van der Waals surface area contributed by atoms with Crippen LogP contribution in [0.15, 0.2) is 53.4 Å². The normalized spacial score (nSPS) is 18.1. The zero-order chi connectivity index (χ0) is 17.3. The fourth-order valence-corrected chi connectivity index (χ4v) is 4.14. The van der Waals surface area contributed by atoms with Crippen LogP contribution in [0.2, 0.25) is 0 Å². The summed E-state index contributed by atoms with van der Waals surface area (Å²) in [5.41, 5.74) is 7.56. The van der Waals surface area contributed by atoms with Gasteiger partial charge in [0.25, 0.3) is 0 Å². The van der Waals surface area contributed by atoms with E-state index in [0.717, 1.165) is 17.7 Å². The molecule has 0 bridgehead atoms. The van der Waals surface area contributed by atoms with Crippen LogP contribution < -0.4 is 10.5 Å². The van der Waals surface area contributed by atoms with Gasteiger partial charge < -0.3 is 10.6 Å². The van der Waals surface area contributed by atoms with Crippen LogP contribution >= 0.6 is 0 Å². The van der Waals surface area contributed by atoms with E-state index in [1.165, 1.54) is 24.3 Å². The molecule has 0 saturated heterocycles. The number of nitrogens with zero attached hydrogens (tertiary/aromatic N) is 1. The minimum Gasteiger partial charge on any atom is -0.366 e. The van der Waals surface area contributed by atoms with Gasteiger partial charge in [-0.25, -0.2) is 13.1 Å². The van der Waals surface area contributed by atoms with Gasteiger partial charge in [-0.05, 0) is 42.4 Å². The molecular formula is C17H19N3O3S. The Bertz CT molecular complexity index is 863. The maximum absolute atomic E-state index is 12.7. The van der Waals surface area contributed by atoms with E-state index in [1.807, 2.05) is 31.3 Å². The first-order valence-corrected chi connectivity index (χ1v) is 9.04. The molecular weight excluding hydrogens is 326 g/mol. The lowest BCUT2D eigenvalue weighted by molar-refractivity contribution is 0.1000. The summed E-state index contributed by atoms with van der Waals surface area (Å²) in [7, 11) is -1.74. The van der Waals surface area contributed by atoms with Crippen LogP contribution in [0.4, 0.5) is 0 Å². The number of primary amides is 1. The van der Waals surface area contributed by atoms with E-state index in [1.54, 1.807) is 0 Å². The van der Waals surface area contributed by atoms with E-state index in [4.69, 9.17) is 5.73 Å². The van der Waals surface area contributed by atoms with Gasteiger partial charge in [-0.15, -0.1) is 0 Å². The summed E-state index contributed by atoms with van der Waals surface area (Å²) < 4.78 is 28.1. The number of fused-ring (bicyclic) bond motifs is 1. The molecule has 0 aromatic heterocycles. The summed E-state index contributed by atoms with van der Waals surface area (Å²) in [5.74, 6) is -0.588. The Morgan fingerprint density at radius 2 is 1.83 bits per heavy atom. The average Bonchev–Trinajstić information content (AvgIpc) is 2.54. The van der Waals surface area contributed by atoms with Gasteiger partial charge in [0.1, 0.15) is 0 Å². The topological polar surface area (TPSA) is 92.5 Å². The number of rotatable bonds is 4. The second-order valence-electron chi connectivity index (χ2n) is 5.96. The Hall–Kier alpha value is -2.22. The predicted molar refractivity (Wildman–Crippen MR) is 90.8 cm³/mol. The van der Waals surface area contributed by atoms with Crippen molar-refractivity contribution < 1.29 is 13.2 Å². The number of nitrogens with one attached hydrogen (secondary N) is 1. The first-order valence-electron chi connectivity index (χ1n) is 7.55. The molecule has 2 aromatic rings. The van der Waals surface area contributed by atoms with Gasteiger partial charge in [0.2, 0.25) is 15.9 Å². The Kier molecular flexibility index (Phi) is 4.40. The quantitative estimate of drug-likeness (QED) is 0.872. The molecule has 2 aromatic carbocycles. The Morgan fingerprint density at radius 3 is 2.50 bits per heavy atom. The van der Waals surface area contributed by atoms with Crippen LogP contribution in [-0.4, -0.2) is 32.8 Å². The number of hydrogen-bond donors (Lipinski definition) is 2. The zero-order valence-electron chi connectivity index (χ0n) is 13.3. The van der Waals surface area contributed by atoms with E-state index in [2.05, 4.69) is 9.62 Å². The van der Waals surface area contributed by atoms with Gasteiger partial charge in [-0.1, -0.05) is 24.3 Å². The number of likely N-dealkylation sites (N-methyl/N-ethyl adjacent to an activating group) is 1. The zero-order valence-corrected chi connectivity index (χ0v) is 14.1. The second kappa shape index (κ2) is 6.35. The number of nitrogens with two attached hydrogens (primary N) is 1. The summed E-state index contributed by atoms with van der Waals surface area (Å²) in [4.78, 5) is 13.3. The monoisotopic (exact) mass is 345 g/mol. The molecule has 24 heavy (non-hydrogen) atoms. The van der Waals surface area contributed by atoms with Crippen molar-refractivity contribution in [3.05, 3.63) is 65.2 Å². The highest BCUT2D eigenvalue weighted by atomic mass is 32.2. The van der Waals surface area contributed by atoms with E-state index in [9.17, 15) is 13.2 Å². The molecule has 0 aliphatic carbocycles. The van der Waals surface area contributed by atoms with Crippen molar-refractivity contribution in [2.75, 3.05) is 13.6 Å². The van der Waals surface area contributed by atoms with Crippen LogP contribution in [0.5, 0.6) is 0 Å². The van der Waals surface area contributed by atoms with Gasteiger partial charge >= 0.3 is 0 Å². The third-order valence-electron chi connectivity index (χ3n) is 4.11. The maximum atomic E-state index is 12.7. The molecule has 3 rings (SSSR count). The van der Waals surface area contributed by atoms with Gasteiger partial charge in [0.05, 0.1) is 10.9 Å². The number of carbonyl (C=O) groups excluding carboxylic acids is 1. The van der Waals surface area contributed by atoms with Crippen molar-refractivity contribution >= 4 is 15.9 Å². The summed E-state index contributed by atoms with van der Waals surface area (Å²) in [5, 5.41) is 0. The second-order valence-corrected chi connectivity index (χ2v) is 7.67. The minimum absolute atomic E-state index is 0.109. The molecule has 1 unspecified atom stereocenters. The minimum atomic E-state index is -3.70. The summed E-state index contributed by atoms with van der Waals surface area (Å²) in [6.45, 7) is 1.39. The Balaban J connectivity index is 1.88. The van der Waals surface area contributed by atoms with Gasteiger partial charge in [-0.2, -0.15) is 0 Å². The first-order chi connectivity index (χ1) is 11.4. The molecule has 0 saturated carbocycles. The number of benzene rings is 2. The molecule has 1 aliphatic rings. The summed E-state index contributed by atoms with van der Waals surface area (Å²) >= 11 is 0.